The van der Waals surface area contributed by atoms with Gasteiger partial charge in [-0.05, 0) is 37.3 Å². The maximum absolute atomic E-state index is 6.52. The molecule has 2 aliphatic heterocycles. The van der Waals surface area contributed by atoms with Crippen molar-refractivity contribution in [3.8, 4) is 11.5 Å². The maximum Gasteiger partial charge on any atom is 0.165 e. The summed E-state index contributed by atoms with van der Waals surface area (Å²) in [7, 11) is 1.74. The smallest absolute Gasteiger partial charge is 0.165 e. The van der Waals surface area contributed by atoms with Crippen LogP contribution in [-0.4, -0.2) is 37.2 Å². The zero-order chi connectivity index (χ0) is 17.6. The quantitative estimate of drug-likeness (QED) is 0.826. The van der Waals surface area contributed by atoms with Gasteiger partial charge in [-0.2, -0.15) is 0 Å². The summed E-state index contributed by atoms with van der Waals surface area (Å²) in [5, 5.41) is 0. The van der Waals surface area contributed by atoms with Crippen LogP contribution in [0.2, 0.25) is 0 Å². The highest BCUT2D eigenvalue weighted by molar-refractivity contribution is 5.55. The van der Waals surface area contributed by atoms with Crippen LogP contribution in [0.3, 0.4) is 0 Å². The predicted octanol–water partition coefficient (Wildman–Crippen LogP) is 4.19. The molecule has 3 nitrogen and oxygen atoms in total. The van der Waals surface area contributed by atoms with Gasteiger partial charge in [-0.3, -0.25) is 4.90 Å². The summed E-state index contributed by atoms with van der Waals surface area (Å²) < 4.78 is 12.1. The number of nitrogens with zero attached hydrogens (tertiary/aromatic N) is 1. The SMILES string of the molecule is COc1cccc2c1O[C@H]1CN(CCc3ccccc3)[C@H]3CCC[C@@]21C3. The number of fused-ring (bicyclic) bond motifs is 2. The van der Waals surface area contributed by atoms with E-state index in [4.69, 9.17) is 9.47 Å². The van der Waals surface area contributed by atoms with Crippen LogP contribution in [0.4, 0.5) is 0 Å². The lowest BCUT2D eigenvalue weighted by Gasteiger charge is -2.51. The molecule has 0 unspecified atom stereocenters. The molecule has 0 radical (unpaired) electrons. The van der Waals surface area contributed by atoms with Gasteiger partial charge in [0, 0.05) is 30.1 Å². The van der Waals surface area contributed by atoms with Crippen LogP contribution in [0.5, 0.6) is 11.5 Å². The summed E-state index contributed by atoms with van der Waals surface area (Å²) in [5.74, 6) is 1.90. The normalized spacial score (nSPS) is 29.6. The highest BCUT2D eigenvalue weighted by Crippen LogP contribution is 2.56. The van der Waals surface area contributed by atoms with E-state index < -0.39 is 0 Å². The fraction of sp³-hybridized carbons (Fsp3) is 0.478. The van der Waals surface area contributed by atoms with Crippen LogP contribution in [0.25, 0.3) is 0 Å². The molecule has 3 atom stereocenters. The van der Waals surface area contributed by atoms with Crippen molar-refractivity contribution in [3.63, 3.8) is 0 Å². The topological polar surface area (TPSA) is 21.7 Å². The fourth-order valence-corrected chi connectivity index (χ4v) is 5.51. The molecule has 136 valence electrons. The lowest BCUT2D eigenvalue weighted by Crippen LogP contribution is -2.59. The zero-order valence-corrected chi connectivity index (χ0v) is 15.5. The lowest BCUT2D eigenvalue weighted by atomic mass is 9.63. The van der Waals surface area contributed by atoms with Crippen molar-refractivity contribution in [1.82, 2.24) is 4.90 Å². The number of ether oxygens (including phenoxy) is 2. The van der Waals surface area contributed by atoms with Crippen LogP contribution in [0.1, 0.15) is 36.8 Å². The van der Waals surface area contributed by atoms with Gasteiger partial charge in [0.05, 0.1) is 7.11 Å². The van der Waals surface area contributed by atoms with Gasteiger partial charge in [-0.15, -0.1) is 0 Å². The first-order valence-corrected chi connectivity index (χ1v) is 9.92. The van der Waals surface area contributed by atoms with Crippen LogP contribution in [-0.2, 0) is 11.8 Å². The molecule has 5 rings (SSSR count). The highest BCUT2D eigenvalue weighted by Gasteiger charge is 2.56. The van der Waals surface area contributed by atoms with Gasteiger partial charge in [-0.25, -0.2) is 0 Å². The molecule has 3 heteroatoms. The summed E-state index contributed by atoms with van der Waals surface area (Å²) in [4.78, 5) is 2.69. The molecule has 2 bridgehead atoms. The Labute approximate surface area is 155 Å². The standard InChI is InChI=1S/C23H27NO2/c1-25-20-11-5-10-19-22(20)26-21-16-24(14-12-17-7-3-2-4-8-17)18-9-6-13-23(19,21)15-18/h2-5,7-8,10-11,18,21H,6,9,12-16H2,1H3/t18-,21-,23+/m0/s1. The number of likely N-dealkylation sites (tertiary alicyclic amines) is 1. The molecule has 1 spiro atoms. The molecular weight excluding hydrogens is 322 g/mol. The van der Waals surface area contributed by atoms with Crippen LogP contribution >= 0.6 is 0 Å². The molecule has 26 heavy (non-hydrogen) atoms. The van der Waals surface area contributed by atoms with E-state index in [0.29, 0.717) is 6.04 Å². The number of benzene rings is 2. The molecule has 2 fully saturated rings. The van der Waals surface area contributed by atoms with Gasteiger partial charge < -0.3 is 9.47 Å². The van der Waals surface area contributed by atoms with Crippen molar-refractivity contribution in [2.24, 2.45) is 0 Å². The molecule has 0 amide bonds. The fourth-order valence-electron chi connectivity index (χ4n) is 5.51. The summed E-state index contributed by atoms with van der Waals surface area (Å²) in [6.07, 6.45) is 6.48. The van der Waals surface area contributed by atoms with Gasteiger partial charge in [0.2, 0.25) is 0 Å². The van der Waals surface area contributed by atoms with Crippen molar-refractivity contribution < 1.29 is 9.47 Å². The number of rotatable bonds is 4. The number of methoxy groups -OCH3 is 1. The third-order valence-corrected chi connectivity index (χ3v) is 6.82. The number of hydrogen-bond acceptors (Lipinski definition) is 3. The molecule has 0 aromatic heterocycles. The Hall–Kier alpha value is -2.00. The number of hydrogen-bond donors (Lipinski definition) is 0. The van der Waals surface area contributed by atoms with E-state index >= 15 is 0 Å². The molecule has 2 aromatic carbocycles. The molecule has 1 saturated carbocycles. The Kier molecular flexibility index (Phi) is 3.93. The Bertz CT molecular complexity index is 790. The first kappa shape index (κ1) is 16.2. The van der Waals surface area contributed by atoms with E-state index in [-0.39, 0.29) is 11.5 Å². The van der Waals surface area contributed by atoms with Crippen molar-refractivity contribution >= 4 is 0 Å². The molecule has 0 N–H and O–H groups in total. The minimum absolute atomic E-state index is 0.204. The second-order valence-electron chi connectivity index (χ2n) is 8.08. The van der Waals surface area contributed by atoms with E-state index in [1.54, 1.807) is 7.11 Å². The van der Waals surface area contributed by atoms with Gasteiger partial charge in [0.1, 0.15) is 6.10 Å². The average Bonchev–Trinajstić information content (AvgIpc) is 2.99. The van der Waals surface area contributed by atoms with Crippen molar-refractivity contribution in [1.29, 1.82) is 0 Å². The largest absolute Gasteiger partial charge is 0.493 e. The Balaban J connectivity index is 1.40. The molecule has 3 aliphatic rings. The minimum Gasteiger partial charge on any atom is -0.493 e. The summed E-state index contributed by atoms with van der Waals surface area (Å²) >= 11 is 0. The molecular formula is C23H27NO2. The van der Waals surface area contributed by atoms with Crippen LogP contribution < -0.4 is 9.47 Å². The van der Waals surface area contributed by atoms with E-state index in [1.807, 2.05) is 6.07 Å². The Morgan fingerprint density at radius 1 is 1.15 bits per heavy atom. The zero-order valence-electron chi connectivity index (χ0n) is 15.5. The third-order valence-electron chi connectivity index (χ3n) is 6.82. The summed E-state index contributed by atoms with van der Waals surface area (Å²) in [6, 6.07) is 18.0. The lowest BCUT2D eigenvalue weighted by molar-refractivity contribution is -0.0213. The number of piperidine rings is 1. The van der Waals surface area contributed by atoms with E-state index in [1.165, 1.54) is 36.8 Å². The summed E-state index contributed by atoms with van der Waals surface area (Å²) in [5.41, 5.74) is 3.03. The van der Waals surface area contributed by atoms with Gasteiger partial charge in [-0.1, -0.05) is 48.9 Å². The first-order valence-electron chi connectivity index (χ1n) is 9.92. The second kappa shape index (κ2) is 6.31. The van der Waals surface area contributed by atoms with Gasteiger partial charge >= 0.3 is 0 Å². The van der Waals surface area contributed by atoms with Crippen molar-refractivity contribution in [3.05, 3.63) is 59.7 Å². The Morgan fingerprint density at radius 3 is 2.88 bits per heavy atom. The number of para-hydroxylation sites is 1. The second-order valence-corrected chi connectivity index (χ2v) is 8.08. The molecule has 1 aliphatic carbocycles. The first-order chi connectivity index (χ1) is 12.8. The predicted molar refractivity (Wildman–Crippen MR) is 103 cm³/mol. The van der Waals surface area contributed by atoms with E-state index in [2.05, 4.69) is 47.4 Å². The minimum atomic E-state index is 0.204. The van der Waals surface area contributed by atoms with Crippen LogP contribution in [0, 0.1) is 0 Å². The molecule has 2 heterocycles. The van der Waals surface area contributed by atoms with Crippen molar-refractivity contribution in [2.75, 3.05) is 20.2 Å². The summed E-state index contributed by atoms with van der Waals surface area (Å²) in [6.45, 7) is 2.16. The van der Waals surface area contributed by atoms with Gasteiger partial charge in [0.15, 0.2) is 11.5 Å². The Morgan fingerprint density at radius 2 is 2.04 bits per heavy atom. The average molecular weight is 349 g/mol. The molecule has 1 saturated heterocycles. The third kappa shape index (κ3) is 2.44. The van der Waals surface area contributed by atoms with E-state index in [0.717, 1.165) is 31.0 Å². The van der Waals surface area contributed by atoms with Gasteiger partial charge in [0.25, 0.3) is 0 Å². The highest BCUT2D eigenvalue weighted by atomic mass is 16.5. The van der Waals surface area contributed by atoms with E-state index in [9.17, 15) is 0 Å². The maximum atomic E-state index is 6.52. The van der Waals surface area contributed by atoms with Crippen LogP contribution in [0.15, 0.2) is 48.5 Å². The monoisotopic (exact) mass is 349 g/mol. The molecule has 2 aromatic rings. The van der Waals surface area contributed by atoms with Crippen molar-refractivity contribution in [2.45, 2.75) is 49.7 Å².